The van der Waals surface area contributed by atoms with E-state index in [0.717, 1.165) is 4.80 Å². The van der Waals surface area contributed by atoms with Gasteiger partial charge in [-0.2, -0.15) is 4.80 Å². The van der Waals surface area contributed by atoms with Crippen molar-refractivity contribution in [2.75, 3.05) is 26.4 Å². The summed E-state index contributed by atoms with van der Waals surface area (Å²) in [7, 11) is 3.41. The number of rotatable bonds is 9. The van der Waals surface area contributed by atoms with Crippen LogP contribution in [-0.4, -0.2) is 96.7 Å². The molecule has 35 heavy (non-hydrogen) atoms. The summed E-state index contributed by atoms with van der Waals surface area (Å²) in [5.41, 5.74) is 5.45. The quantitative estimate of drug-likeness (QED) is 0.356. The molecule has 0 aliphatic carbocycles. The largest absolute Gasteiger partial charge is 0.477 e. The topological polar surface area (TPSA) is 177 Å². The lowest BCUT2D eigenvalue weighted by Crippen LogP contribution is -2.62. The number of nitrogens with zero attached hydrogens (tertiary/aromatic N) is 6. The van der Waals surface area contributed by atoms with E-state index >= 15 is 0 Å². The summed E-state index contributed by atoms with van der Waals surface area (Å²) >= 11 is 1.44. The molecule has 2 fully saturated rings. The zero-order chi connectivity index (χ0) is 25.6. The van der Waals surface area contributed by atoms with Gasteiger partial charge in [-0.1, -0.05) is 18.9 Å². The molecule has 0 aromatic carbocycles. The molecule has 4 N–H and O–H groups in total. The van der Waals surface area contributed by atoms with Crippen molar-refractivity contribution < 1.29 is 24.3 Å². The number of carbonyl (C=O) groups is 4. The summed E-state index contributed by atoms with van der Waals surface area (Å²) in [6.45, 7) is 4.24. The van der Waals surface area contributed by atoms with Gasteiger partial charge in [0.15, 0.2) is 5.78 Å². The fourth-order valence-electron chi connectivity index (χ4n) is 5.27. The number of tetrazole rings is 1. The van der Waals surface area contributed by atoms with E-state index in [1.165, 1.54) is 21.6 Å². The van der Waals surface area contributed by atoms with E-state index in [9.17, 15) is 24.3 Å². The number of β-lactam (4-membered cyclic amide) rings is 1. The predicted molar refractivity (Wildman–Crippen MR) is 125 cm³/mol. The molecule has 190 valence electrons. The predicted octanol–water partition coefficient (Wildman–Crippen LogP) is -0.825. The molecule has 0 saturated carbocycles. The summed E-state index contributed by atoms with van der Waals surface area (Å²) in [6, 6.07) is -0.618. The summed E-state index contributed by atoms with van der Waals surface area (Å²) in [5, 5.41) is 24.2. The second-order valence-corrected chi connectivity index (χ2v) is 10.9. The number of nitrogens with two attached hydrogens (primary N) is 1. The zero-order valence-corrected chi connectivity index (χ0v) is 20.9. The smallest absolute Gasteiger partial charge is 0.353 e. The molecule has 3 aliphatic heterocycles. The minimum absolute atomic E-state index is 0.0126. The molecule has 0 spiro atoms. The minimum atomic E-state index is -1.14. The zero-order valence-electron chi connectivity index (χ0n) is 20.0. The standard InChI is InChI=1S/C21H30N8O5S/c1-9(5-11(30)8-28-25-21(22)24-26-28)14-15-10(2)17(16(20(33)34)29(15)19(14)32)35-12-6-13(23-7-12)18(31)27(3)4/h9-10,12-15,23H,5-8H2,1-4H3,(H2,22,25)(H,33,34)/t9-,10+,12-,13?,14+,15+/m0/s1. The molecule has 14 heteroatoms. The summed E-state index contributed by atoms with van der Waals surface area (Å²) in [4.78, 5) is 54.7. The lowest BCUT2D eigenvalue weighted by Gasteiger charge is -2.47. The maximum absolute atomic E-state index is 13.1. The third-order valence-corrected chi connectivity index (χ3v) is 8.37. The molecule has 0 radical (unpaired) electrons. The molecule has 3 aliphatic rings. The fourth-order valence-corrected chi connectivity index (χ4v) is 6.75. The number of carboxylic acid groups (broad SMARTS) is 1. The Morgan fingerprint density at radius 2 is 2.06 bits per heavy atom. The van der Waals surface area contributed by atoms with Crippen molar-refractivity contribution in [2.24, 2.45) is 17.8 Å². The van der Waals surface area contributed by atoms with Gasteiger partial charge in [0.25, 0.3) is 5.95 Å². The highest BCUT2D eigenvalue weighted by molar-refractivity contribution is 8.03. The van der Waals surface area contributed by atoms with Crippen molar-refractivity contribution in [3.63, 3.8) is 0 Å². The molecule has 4 rings (SSSR count). The van der Waals surface area contributed by atoms with Crippen LogP contribution in [0.25, 0.3) is 0 Å². The summed E-state index contributed by atoms with van der Waals surface area (Å²) < 4.78 is 0. The van der Waals surface area contributed by atoms with Crippen molar-refractivity contribution in [1.29, 1.82) is 0 Å². The average molecular weight is 507 g/mol. The maximum Gasteiger partial charge on any atom is 0.353 e. The molecule has 2 saturated heterocycles. The Balaban J connectivity index is 1.43. The number of hydrogen-bond acceptors (Lipinski definition) is 10. The van der Waals surface area contributed by atoms with Crippen LogP contribution in [0.1, 0.15) is 26.7 Å². The Bertz CT molecular complexity index is 1090. The lowest BCUT2D eigenvalue weighted by atomic mass is 9.73. The Morgan fingerprint density at radius 1 is 1.34 bits per heavy atom. The van der Waals surface area contributed by atoms with Gasteiger partial charge in [-0.15, -0.1) is 16.9 Å². The van der Waals surface area contributed by atoms with E-state index in [0.29, 0.717) is 17.9 Å². The number of amides is 2. The van der Waals surface area contributed by atoms with Crippen LogP contribution in [0.2, 0.25) is 0 Å². The average Bonchev–Trinajstić information content (AvgIpc) is 3.46. The van der Waals surface area contributed by atoms with Gasteiger partial charge < -0.3 is 26.0 Å². The van der Waals surface area contributed by atoms with Crippen LogP contribution in [0.3, 0.4) is 0 Å². The van der Waals surface area contributed by atoms with Crippen LogP contribution in [0.15, 0.2) is 10.6 Å². The number of likely N-dealkylation sites (N-methyl/N-ethyl adjacent to an activating group) is 1. The van der Waals surface area contributed by atoms with Crippen molar-refractivity contribution >= 4 is 41.3 Å². The monoisotopic (exact) mass is 506 g/mol. The van der Waals surface area contributed by atoms with E-state index in [1.807, 2.05) is 13.8 Å². The number of Topliss-reactive ketones (excluding diaryl/α,β-unsaturated/α-hetero) is 1. The third kappa shape index (κ3) is 4.63. The summed E-state index contributed by atoms with van der Waals surface area (Å²) in [5.74, 6) is -2.55. The van der Waals surface area contributed by atoms with Crippen LogP contribution in [0, 0.1) is 17.8 Å². The van der Waals surface area contributed by atoms with Crippen molar-refractivity contribution in [1.82, 2.24) is 35.3 Å². The van der Waals surface area contributed by atoms with E-state index in [2.05, 4.69) is 20.7 Å². The second kappa shape index (κ2) is 9.57. The van der Waals surface area contributed by atoms with E-state index in [1.54, 1.807) is 14.1 Å². The third-order valence-electron chi connectivity index (χ3n) is 6.86. The number of hydrogen-bond donors (Lipinski definition) is 3. The van der Waals surface area contributed by atoms with Crippen LogP contribution in [0.4, 0.5) is 5.95 Å². The molecule has 2 amide bonds. The van der Waals surface area contributed by atoms with Crippen LogP contribution in [0.5, 0.6) is 0 Å². The number of thioether (sulfide) groups is 1. The van der Waals surface area contributed by atoms with E-state index in [4.69, 9.17) is 5.73 Å². The van der Waals surface area contributed by atoms with Gasteiger partial charge in [0, 0.05) is 43.1 Å². The highest BCUT2D eigenvalue weighted by Crippen LogP contribution is 2.53. The first-order valence-corrected chi connectivity index (χ1v) is 12.3. The summed E-state index contributed by atoms with van der Waals surface area (Å²) in [6.07, 6.45) is 0.708. The van der Waals surface area contributed by atoms with Gasteiger partial charge in [-0.05, 0) is 17.6 Å². The number of aromatic nitrogens is 4. The van der Waals surface area contributed by atoms with Crippen LogP contribution >= 0.6 is 11.8 Å². The SMILES string of the molecule is C[C@@H](CC(=O)Cn1nnc(N)n1)[C@H]1C(=O)N2C(C(=O)O)=C(S[C@@H]3CNC(C(=O)N(C)C)C3)[C@H](C)[C@H]12. The van der Waals surface area contributed by atoms with Gasteiger partial charge in [0.2, 0.25) is 11.8 Å². The van der Waals surface area contributed by atoms with Crippen LogP contribution < -0.4 is 11.1 Å². The van der Waals surface area contributed by atoms with Crippen molar-refractivity contribution in [3.05, 3.63) is 10.6 Å². The number of carboxylic acids is 1. The Labute approximate surface area is 206 Å². The molecule has 13 nitrogen and oxygen atoms in total. The fraction of sp³-hybridized carbons (Fsp3) is 0.667. The Hall–Kier alpha value is -3.00. The number of aliphatic carboxylic acids is 1. The highest BCUT2D eigenvalue weighted by Gasteiger charge is 2.60. The molecule has 6 atom stereocenters. The van der Waals surface area contributed by atoms with Crippen LogP contribution in [-0.2, 0) is 25.7 Å². The lowest BCUT2D eigenvalue weighted by molar-refractivity contribution is -0.160. The minimum Gasteiger partial charge on any atom is -0.477 e. The molecular weight excluding hydrogens is 476 g/mol. The first kappa shape index (κ1) is 25.1. The van der Waals surface area contributed by atoms with E-state index < -0.39 is 11.9 Å². The van der Waals surface area contributed by atoms with Gasteiger partial charge in [0.05, 0.1) is 18.0 Å². The van der Waals surface area contributed by atoms with Gasteiger partial charge in [-0.25, -0.2) is 4.79 Å². The molecular formula is C21H30N8O5S. The van der Waals surface area contributed by atoms with Gasteiger partial charge in [-0.3, -0.25) is 14.4 Å². The molecule has 1 aromatic heterocycles. The van der Waals surface area contributed by atoms with E-state index in [-0.39, 0.29) is 71.4 Å². The molecule has 1 aromatic rings. The first-order chi connectivity index (χ1) is 16.5. The van der Waals surface area contributed by atoms with Gasteiger partial charge >= 0.3 is 5.97 Å². The second-order valence-electron chi connectivity index (χ2n) is 9.60. The number of nitrogen functional groups attached to an aromatic ring is 1. The maximum atomic E-state index is 13.1. The molecule has 1 unspecified atom stereocenters. The molecule has 4 heterocycles. The van der Waals surface area contributed by atoms with Crippen molar-refractivity contribution in [2.45, 2.75) is 50.6 Å². The number of nitrogens with one attached hydrogen (secondary N) is 1. The number of carbonyl (C=O) groups excluding carboxylic acids is 3. The molecule has 0 bridgehead atoms. The highest BCUT2D eigenvalue weighted by atomic mass is 32.2. The number of anilines is 1. The Kier molecular flexibility index (Phi) is 6.86. The van der Waals surface area contributed by atoms with Crippen molar-refractivity contribution in [3.8, 4) is 0 Å². The first-order valence-electron chi connectivity index (χ1n) is 11.5. The van der Waals surface area contributed by atoms with Gasteiger partial charge in [0.1, 0.15) is 12.2 Å². The number of ketones is 1. The number of fused-ring (bicyclic) bond motifs is 1. The normalized spacial score (nSPS) is 28.6. The Morgan fingerprint density at radius 3 is 2.66 bits per heavy atom.